The molecule has 0 fully saturated rings. The van der Waals surface area contributed by atoms with Crippen LogP contribution in [-0.2, 0) is 11.3 Å². The van der Waals surface area contributed by atoms with E-state index in [0.717, 1.165) is 17.8 Å². The number of ether oxygens (including phenoxy) is 1. The molecule has 0 aliphatic rings. The first-order valence-corrected chi connectivity index (χ1v) is 6.77. The fourth-order valence-electron chi connectivity index (χ4n) is 1.53. The number of benzene rings is 1. The lowest BCUT2D eigenvalue weighted by Gasteiger charge is -1.99. The number of nitrogens with zero attached hydrogens (tertiary/aromatic N) is 1. The maximum Gasteiger partial charge on any atom is 0.226 e. The standard InChI is InChI=1S/C13H15IN2O2/c1-17-6-5-15-8-12-9-18-13(16-12)10-3-2-4-11(14)7-10/h2-4,7,9,15H,5-6,8H2,1H3. The van der Waals surface area contributed by atoms with E-state index in [-0.39, 0.29) is 0 Å². The zero-order valence-electron chi connectivity index (χ0n) is 10.1. The third kappa shape index (κ3) is 3.79. The Bertz CT molecular complexity index is 499. The van der Waals surface area contributed by atoms with Crippen LogP contribution in [-0.4, -0.2) is 25.2 Å². The normalized spacial score (nSPS) is 10.8. The summed E-state index contributed by atoms with van der Waals surface area (Å²) in [5.74, 6) is 0.664. The monoisotopic (exact) mass is 358 g/mol. The van der Waals surface area contributed by atoms with Crippen molar-refractivity contribution >= 4 is 22.6 Å². The smallest absolute Gasteiger partial charge is 0.226 e. The first-order chi connectivity index (χ1) is 8.79. The van der Waals surface area contributed by atoms with E-state index in [4.69, 9.17) is 9.15 Å². The molecule has 18 heavy (non-hydrogen) atoms. The third-order valence-corrected chi connectivity index (χ3v) is 3.08. The van der Waals surface area contributed by atoms with E-state index in [1.165, 1.54) is 3.57 Å². The number of aromatic nitrogens is 1. The molecule has 0 saturated heterocycles. The number of nitrogens with one attached hydrogen (secondary N) is 1. The largest absolute Gasteiger partial charge is 0.444 e. The van der Waals surface area contributed by atoms with Crippen molar-refractivity contribution in [3.63, 3.8) is 0 Å². The van der Waals surface area contributed by atoms with Crippen LogP contribution in [0.25, 0.3) is 11.5 Å². The Labute approximate surface area is 120 Å². The Morgan fingerprint density at radius 3 is 3.11 bits per heavy atom. The van der Waals surface area contributed by atoms with Crippen LogP contribution < -0.4 is 5.32 Å². The van der Waals surface area contributed by atoms with Crippen molar-refractivity contribution in [3.8, 4) is 11.5 Å². The Morgan fingerprint density at radius 1 is 1.44 bits per heavy atom. The summed E-state index contributed by atoms with van der Waals surface area (Å²) in [6.07, 6.45) is 1.69. The zero-order valence-corrected chi connectivity index (χ0v) is 12.3. The number of rotatable bonds is 6. The van der Waals surface area contributed by atoms with E-state index in [2.05, 4.69) is 39.0 Å². The number of oxazole rings is 1. The van der Waals surface area contributed by atoms with Crippen LogP contribution in [0.1, 0.15) is 5.69 Å². The van der Waals surface area contributed by atoms with Crippen molar-refractivity contribution in [2.24, 2.45) is 0 Å². The first kappa shape index (κ1) is 13.5. The van der Waals surface area contributed by atoms with Crippen molar-refractivity contribution in [2.75, 3.05) is 20.3 Å². The molecule has 0 radical (unpaired) electrons. The van der Waals surface area contributed by atoms with Gasteiger partial charge in [-0.3, -0.25) is 0 Å². The van der Waals surface area contributed by atoms with Gasteiger partial charge in [-0.1, -0.05) is 6.07 Å². The number of hydrogen-bond donors (Lipinski definition) is 1. The quantitative estimate of drug-likeness (QED) is 0.637. The van der Waals surface area contributed by atoms with Gasteiger partial charge in [0.15, 0.2) is 0 Å². The molecule has 0 saturated carbocycles. The maximum atomic E-state index is 5.48. The summed E-state index contributed by atoms with van der Waals surface area (Å²) in [7, 11) is 1.69. The summed E-state index contributed by atoms with van der Waals surface area (Å²) in [6, 6.07) is 8.09. The van der Waals surface area contributed by atoms with Crippen LogP contribution in [0.15, 0.2) is 34.9 Å². The number of hydrogen-bond acceptors (Lipinski definition) is 4. The molecule has 0 amide bonds. The van der Waals surface area contributed by atoms with Crippen LogP contribution >= 0.6 is 22.6 Å². The Kier molecular flexibility index (Phi) is 5.15. The SMILES string of the molecule is COCCNCc1coc(-c2cccc(I)c2)n1. The Balaban J connectivity index is 1.97. The highest BCUT2D eigenvalue weighted by Gasteiger charge is 2.06. The minimum absolute atomic E-state index is 0.664. The molecule has 4 nitrogen and oxygen atoms in total. The lowest BCUT2D eigenvalue weighted by Crippen LogP contribution is -2.18. The molecule has 0 atom stereocenters. The molecule has 2 rings (SSSR count). The second-order valence-corrected chi connectivity index (χ2v) is 5.07. The molecule has 0 unspecified atom stereocenters. The molecule has 0 aliphatic heterocycles. The van der Waals surface area contributed by atoms with E-state index in [0.29, 0.717) is 19.0 Å². The molecule has 1 N–H and O–H groups in total. The number of halogens is 1. The highest BCUT2D eigenvalue weighted by molar-refractivity contribution is 14.1. The minimum atomic E-state index is 0.664. The van der Waals surface area contributed by atoms with Crippen molar-refractivity contribution in [2.45, 2.75) is 6.54 Å². The summed E-state index contributed by atoms with van der Waals surface area (Å²) in [5.41, 5.74) is 1.91. The molecule has 0 aliphatic carbocycles. The molecular weight excluding hydrogens is 343 g/mol. The van der Waals surface area contributed by atoms with E-state index in [9.17, 15) is 0 Å². The van der Waals surface area contributed by atoms with Crippen LogP contribution in [0.4, 0.5) is 0 Å². The van der Waals surface area contributed by atoms with Gasteiger partial charge < -0.3 is 14.5 Å². The van der Waals surface area contributed by atoms with Gasteiger partial charge in [0, 0.05) is 29.3 Å². The summed E-state index contributed by atoms with van der Waals surface area (Å²) in [4.78, 5) is 4.45. The third-order valence-electron chi connectivity index (χ3n) is 2.41. The zero-order chi connectivity index (χ0) is 12.8. The van der Waals surface area contributed by atoms with Crippen LogP contribution in [0, 0.1) is 3.57 Å². The lowest BCUT2D eigenvalue weighted by molar-refractivity contribution is 0.199. The average Bonchev–Trinajstić information content (AvgIpc) is 2.83. The summed E-state index contributed by atoms with van der Waals surface area (Å²) >= 11 is 2.28. The molecule has 1 aromatic heterocycles. The molecule has 1 heterocycles. The average molecular weight is 358 g/mol. The fourth-order valence-corrected chi connectivity index (χ4v) is 2.08. The van der Waals surface area contributed by atoms with Gasteiger partial charge in [0.25, 0.3) is 0 Å². The molecule has 1 aromatic carbocycles. The molecule has 0 bridgehead atoms. The van der Waals surface area contributed by atoms with Gasteiger partial charge in [-0.2, -0.15) is 0 Å². The van der Waals surface area contributed by atoms with E-state index in [1.807, 2.05) is 18.2 Å². The van der Waals surface area contributed by atoms with E-state index < -0.39 is 0 Å². The topological polar surface area (TPSA) is 47.3 Å². The van der Waals surface area contributed by atoms with E-state index >= 15 is 0 Å². The van der Waals surface area contributed by atoms with Crippen molar-refractivity contribution in [1.29, 1.82) is 0 Å². The summed E-state index contributed by atoms with van der Waals surface area (Å²) in [5, 5.41) is 3.23. The highest BCUT2D eigenvalue weighted by atomic mass is 127. The maximum absolute atomic E-state index is 5.48. The lowest BCUT2D eigenvalue weighted by atomic mass is 10.2. The van der Waals surface area contributed by atoms with Gasteiger partial charge in [-0.05, 0) is 40.8 Å². The fraction of sp³-hybridized carbons (Fsp3) is 0.308. The predicted octanol–water partition coefficient (Wildman–Crippen LogP) is 2.68. The molecule has 2 aromatic rings. The second kappa shape index (κ2) is 6.86. The highest BCUT2D eigenvalue weighted by Crippen LogP contribution is 2.20. The molecule has 0 spiro atoms. The Morgan fingerprint density at radius 2 is 2.33 bits per heavy atom. The first-order valence-electron chi connectivity index (χ1n) is 5.69. The van der Waals surface area contributed by atoms with Crippen molar-refractivity contribution in [3.05, 3.63) is 39.8 Å². The van der Waals surface area contributed by atoms with Crippen LogP contribution in [0.5, 0.6) is 0 Å². The minimum Gasteiger partial charge on any atom is -0.444 e. The van der Waals surface area contributed by atoms with Crippen molar-refractivity contribution < 1.29 is 9.15 Å². The van der Waals surface area contributed by atoms with E-state index in [1.54, 1.807) is 13.4 Å². The second-order valence-electron chi connectivity index (χ2n) is 3.82. The summed E-state index contributed by atoms with van der Waals surface area (Å²) in [6.45, 7) is 2.19. The number of methoxy groups -OCH3 is 1. The van der Waals surface area contributed by atoms with Gasteiger partial charge in [0.05, 0.1) is 12.3 Å². The molecular formula is C13H15IN2O2. The molecule has 5 heteroatoms. The van der Waals surface area contributed by atoms with Gasteiger partial charge >= 0.3 is 0 Å². The Hall–Kier alpha value is -0.920. The van der Waals surface area contributed by atoms with Gasteiger partial charge in [0.2, 0.25) is 5.89 Å². The predicted molar refractivity (Wildman–Crippen MR) is 78.2 cm³/mol. The van der Waals surface area contributed by atoms with Crippen molar-refractivity contribution in [1.82, 2.24) is 10.3 Å². The van der Waals surface area contributed by atoms with Gasteiger partial charge in [-0.25, -0.2) is 4.98 Å². The van der Waals surface area contributed by atoms with Gasteiger partial charge in [0.1, 0.15) is 6.26 Å². The van der Waals surface area contributed by atoms with Crippen LogP contribution in [0.3, 0.4) is 0 Å². The van der Waals surface area contributed by atoms with Gasteiger partial charge in [-0.15, -0.1) is 0 Å². The van der Waals surface area contributed by atoms with Crippen LogP contribution in [0.2, 0.25) is 0 Å². The summed E-state index contributed by atoms with van der Waals surface area (Å²) < 4.78 is 11.6. The molecule has 96 valence electrons.